The number of anilines is 1. The van der Waals surface area contributed by atoms with Crippen LogP contribution in [0.4, 0.5) is 10.5 Å². The van der Waals surface area contributed by atoms with Gasteiger partial charge in [-0.25, -0.2) is 13.2 Å². The summed E-state index contributed by atoms with van der Waals surface area (Å²) in [6, 6.07) is 7.05. The Balaban J connectivity index is 2.02. The van der Waals surface area contributed by atoms with Crippen molar-refractivity contribution in [2.45, 2.75) is 50.1 Å². The van der Waals surface area contributed by atoms with Crippen LogP contribution in [0.25, 0.3) is 0 Å². The predicted octanol–water partition coefficient (Wildman–Crippen LogP) is 2.82. The maximum Gasteiger partial charge on any atom is 0.319 e. The second-order valence-corrected chi connectivity index (χ2v) is 12.5. The van der Waals surface area contributed by atoms with Gasteiger partial charge in [0.15, 0.2) is 5.75 Å². The highest BCUT2D eigenvalue weighted by Crippen LogP contribution is 2.35. The van der Waals surface area contributed by atoms with Gasteiger partial charge in [0, 0.05) is 25.6 Å². The van der Waals surface area contributed by atoms with Gasteiger partial charge in [-0.2, -0.15) is 4.31 Å². The number of benzene rings is 1. The van der Waals surface area contributed by atoms with Crippen LogP contribution in [0.15, 0.2) is 39.9 Å². The lowest BCUT2D eigenvalue weighted by Gasteiger charge is -2.38. The number of hydrogen-bond acceptors (Lipinski definition) is 7. The van der Waals surface area contributed by atoms with E-state index in [2.05, 4.69) is 10.6 Å². The molecule has 2 aromatic rings. The smallest absolute Gasteiger partial charge is 0.319 e. The van der Waals surface area contributed by atoms with Crippen molar-refractivity contribution in [3.63, 3.8) is 0 Å². The van der Waals surface area contributed by atoms with Crippen molar-refractivity contribution in [1.82, 2.24) is 14.5 Å². The minimum absolute atomic E-state index is 0.0168. The van der Waals surface area contributed by atoms with E-state index in [1.807, 2.05) is 20.8 Å². The van der Waals surface area contributed by atoms with E-state index >= 15 is 0 Å². The van der Waals surface area contributed by atoms with E-state index in [-0.39, 0.29) is 53.1 Å². The molecule has 3 atom stereocenters. The van der Waals surface area contributed by atoms with Crippen molar-refractivity contribution in [3.05, 3.63) is 41.3 Å². The topological polar surface area (TPSA) is 128 Å². The second kappa shape index (κ2) is 11.6. The first kappa shape index (κ1) is 27.9. The number of urea groups is 1. The highest BCUT2D eigenvalue weighted by atomic mass is 32.2. The number of likely N-dealkylation sites (N-methyl/N-ethyl adjacent to an activating group) is 1. The number of thiophene rings is 1. The Bertz CT molecular complexity index is 1170. The molecule has 3 amide bonds. The van der Waals surface area contributed by atoms with Gasteiger partial charge >= 0.3 is 6.03 Å². The number of nitrogens with one attached hydrogen (secondary N) is 2. The number of hydrogen-bond donors (Lipinski definition) is 3. The highest BCUT2D eigenvalue weighted by molar-refractivity contribution is 7.91. The van der Waals surface area contributed by atoms with Crippen LogP contribution in [0.2, 0.25) is 0 Å². The summed E-state index contributed by atoms with van der Waals surface area (Å²) < 4.78 is 34.0. The molecule has 2 heterocycles. The largest absolute Gasteiger partial charge is 0.486 e. The van der Waals surface area contributed by atoms with Gasteiger partial charge in [-0.15, -0.1) is 11.3 Å². The lowest BCUT2D eigenvalue weighted by molar-refractivity contribution is 0.0389. The summed E-state index contributed by atoms with van der Waals surface area (Å²) in [5, 5.41) is 17.0. The number of nitrogens with zero attached hydrogens (tertiary/aromatic N) is 2. The van der Waals surface area contributed by atoms with Gasteiger partial charge < -0.3 is 25.4 Å². The van der Waals surface area contributed by atoms with E-state index < -0.39 is 28.2 Å². The van der Waals surface area contributed by atoms with Crippen molar-refractivity contribution in [2.75, 3.05) is 32.1 Å². The first-order valence-electron chi connectivity index (χ1n) is 11.7. The second-order valence-electron chi connectivity index (χ2n) is 9.28. The Kier molecular flexibility index (Phi) is 8.98. The van der Waals surface area contributed by atoms with Crippen LogP contribution >= 0.6 is 11.3 Å². The van der Waals surface area contributed by atoms with E-state index in [0.717, 1.165) is 11.3 Å². The number of fused-ring (bicyclic) bond motifs is 1. The molecule has 1 aromatic carbocycles. The van der Waals surface area contributed by atoms with E-state index in [4.69, 9.17) is 4.74 Å². The molecule has 0 saturated heterocycles. The standard InChI is InChI=1S/C24H34N4O6S2/c1-15(2)25-24(31)26-19-9-6-8-18-22(19)34-20(16(3)12-28(23(18)30)17(4)14-29)13-27(5)36(32,33)21-10-7-11-35-21/h6-11,15-17,20,29H,12-14H2,1-5H3,(H2,25,26,31)/t16-,17-,20+/m1/s1. The van der Waals surface area contributed by atoms with E-state index in [0.29, 0.717) is 5.69 Å². The molecule has 198 valence electrons. The molecule has 0 saturated carbocycles. The highest BCUT2D eigenvalue weighted by Gasteiger charge is 2.36. The minimum atomic E-state index is -3.73. The molecule has 3 rings (SSSR count). The third kappa shape index (κ3) is 6.17. The van der Waals surface area contributed by atoms with Crippen LogP contribution in [0.5, 0.6) is 5.75 Å². The van der Waals surface area contributed by atoms with Gasteiger partial charge in [-0.05, 0) is 44.4 Å². The maximum atomic E-state index is 13.5. The Morgan fingerprint density at radius 2 is 2.00 bits per heavy atom. The Labute approximate surface area is 216 Å². The predicted molar refractivity (Wildman–Crippen MR) is 139 cm³/mol. The summed E-state index contributed by atoms with van der Waals surface area (Å²) in [4.78, 5) is 27.5. The van der Waals surface area contributed by atoms with E-state index in [1.54, 1.807) is 47.5 Å². The number of amides is 3. The van der Waals surface area contributed by atoms with Gasteiger partial charge in [0.05, 0.1) is 30.4 Å². The molecule has 0 unspecified atom stereocenters. The van der Waals surface area contributed by atoms with Gasteiger partial charge in [0.25, 0.3) is 15.9 Å². The van der Waals surface area contributed by atoms with Crippen LogP contribution in [0.1, 0.15) is 38.1 Å². The number of carbonyl (C=O) groups excluding carboxylic acids is 2. The number of ether oxygens (including phenoxy) is 1. The van der Waals surface area contributed by atoms with E-state index in [1.165, 1.54) is 11.4 Å². The van der Waals surface area contributed by atoms with Crippen LogP contribution in [-0.4, -0.2) is 79.6 Å². The van der Waals surface area contributed by atoms with Crippen molar-refractivity contribution < 1.29 is 27.9 Å². The molecule has 36 heavy (non-hydrogen) atoms. The number of para-hydroxylation sites is 1. The molecular formula is C24H34N4O6S2. The third-order valence-corrected chi connectivity index (χ3v) is 9.15. The quantitative estimate of drug-likeness (QED) is 0.474. The molecule has 1 aliphatic heterocycles. The van der Waals surface area contributed by atoms with Gasteiger partial charge in [0.2, 0.25) is 0 Å². The SMILES string of the molecule is CC(C)NC(=O)Nc1cccc2c1O[C@@H](CN(C)S(=O)(=O)c1cccs1)[C@H](C)CN([C@H](C)CO)C2=O. The fraction of sp³-hybridized carbons (Fsp3) is 0.500. The maximum absolute atomic E-state index is 13.5. The van der Waals surface area contributed by atoms with Crippen LogP contribution in [-0.2, 0) is 10.0 Å². The molecule has 1 aliphatic rings. The average molecular weight is 539 g/mol. The molecular weight excluding hydrogens is 504 g/mol. The van der Waals surface area contributed by atoms with Crippen molar-refractivity contribution in [3.8, 4) is 5.75 Å². The summed E-state index contributed by atoms with van der Waals surface area (Å²) in [6.07, 6.45) is -0.652. The summed E-state index contributed by atoms with van der Waals surface area (Å²) in [6.45, 7) is 7.29. The average Bonchev–Trinajstić information content (AvgIpc) is 3.36. The number of aliphatic hydroxyl groups excluding tert-OH is 1. The van der Waals surface area contributed by atoms with Gasteiger partial charge in [-0.1, -0.05) is 19.1 Å². The normalized spacial score (nSPS) is 19.3. The van der Waals surface area contributed by atoms with Gasteiger partial charge in [-0.3, -0.25) is 4.79 Å². The summed E-state index contributed by atoms with van der Waals surface area (Å²) in [5.41, 5.74) is 0.511. The zero-order valence-corrected chi connectivity index (χ0v) is 22.7. The molecule has 10 nitrogen and oxygen atoms in total. The van der Waals surface area contributed by atoms with Crippen molar-refractivity contribution in [2.24, 2.45) is 5.92 Å². The fourth-order valence-electron chi connectivity index (χ4n) is 3.90. The zero-order valence-electron chi connectivity index (χ0n) is 21.1. The summed E-state index contributed by atoms with van der Waals surface area (Å²) in [7, 11) is -2.24. The van der Waals surface area contributed by atoms with E-state index in [9.17, 15) is 23.1 Å². The molecule has 3 N–H and O–H groups in total. The lowest BCUT2D eigenvalue weighted by Crippen LogP contribution is -2.50. The minimum Gasteiger partial charge on any atom is -0.486 e. The van der Waals surface area contributed by atoms with Crippen molar-refractivity contribution >= 4 is 39.0 Å². The zero-order chi connectivity index (χ0) is 26.6. The first-order valence-corrected chi connectivity index (χ1v) is 14.1. The van der Waals surface area contributed by atoms with Crippen LogP contribution < -0.4 is 15.4 Å². The molecule has 0 radical (unpaired) electrons. The van der Waals surface area contributed by atoms with Crippen LogP contribution in [0, 0.1) is 5.92 Å². The van der Waals surface area contributed by atoms with Crippen LogP contribution in [0.3, 0.4) is 0 Å². The number of carbonyl (C=O) groups is 2. The fourth-order valence-corrected chi connectivity index (χ4v) is 6.28. The van der Waals surface area contributed by atoms with Crippen molar-refractivity contribution in [1.29, 1.82) is 0 Å². The molecule has 0 bridgehead atoms. The van der Waals surface area contributed by atoms with Gasteiger partial charge in [0.1, 0.15) is 10.3 Å². The number of sulfonamides is 1. The molecule has 0 spiro atoms. The first-order chi connectivity index (χ1) is 16.9. The third-order valence-electron chi connectivity index (χ3n) is 5.96. The molecule has 0 aliphatic carbocycles. The summed E-state index contributed by atoms with van der Waals surface area (Å²) >= 11 is 1.13. The molecule has 1 aromatic heterocycles. The summed E-state index contributed by atoms with van der Waals surface area (Å²) in [5.74, 6) is -0.478. The lowest BCUT2D eigenvalue weighted by atomic mass is 9.99. The Hall–Kier alpha value is -2.67. The Morgan fingerprint density at radius 1 is 1.28 bits per heavy atom. The number of rotatable bonds is 8. The Morgan fingerprint density at radius 3 is 2.61 bits per heavy atom. The number of aliphatic hydroxyl groups is 1. The molecule has 12 heteroatoms. The molecule has 0 fully saturated rings. The monoisotopic (exact) mass is 538 g/mol.